The van der Waals surface area contributed by atoms with Crippen molar-refractivity contribution in [3.63, 3.8) is 0 Å². The van der Waals surface area contributed by atoms with Crippen LogP contribution in [0.3, 0.4) is 0 Å². The molecule has 6 aromatic rings. The Kier molecular flexibility index (Phi) is 10.3. The van der Waals surface area contributed by atoms with E-state index in [1.165, 1.54) is 32.1 Å². The third-order valence-corrected chi connectivity index (χ3v) is 8.22. The highest BCUT2D eigenvalue weighted by Crippen LogP contribution is 2.30. The third kappa shape index (κ3) is 8.07. The van der Waals surface area contributed by atoms with Gasteiger partial charge < -0.3 is 13.9 Å². The lowest BCUT2D eigenvalue weighted by molar-refractivity contribution is 0.101. The zero-order valence-corrected chi connectivity index (χ0v) is 27.3. The van der Waals surface area contributed by atoms with Crippen LogP contribution in [0.15, 0.2) is 83.5 Å². The van der Waals surface area contributed by atoms with Gasteiger partial charge in [0.2, 0.25) is 5.78 Å². The van der Waals surface area contributed by atoms with E-state index in [1.807, 2.05) is 60.4 Å². The Balaban J connectivity index is 0.997. The topological polar surface area (TPSA) is 110 Å². The number of ether oxygens (including phenoxy) is 2. The third-order valence-electron chi connectivity index (χ3n) is 7.96. The molecule has 10 nitrogen and oxygen atoms in total. The molecular formula is C36H37ClN6O4. The van der Waals surface area contributed by atoms with Crippen molar-refractivity contribution >= 4 is 28.4 Å². The van der Waals surface area contributed by atoms with Crippen LogP contribution in [0.25, 0.3) is 16.7 Å². The molecule has 0 aliphatic carbocycles. The van der Waals surface area contributed by atoms with Gasteiger partial charge in [-0.05, 0) is 74.0 Å². The number of fused-ring (bicyclic) bond motifs is 1. The number of halogens is 1. The summed E-state index contributed by atoms with van der Waals surface area (Å²) in [5.74, 6) is 1.42. The number of rotatable bonds is 16. The summed E-state index contributed by atoms with van der Waals surface area (Å²) in [5.41, 5.74) is 4.15. The first kappa shape index (κ1) is 32.0. The summed E-state index contributed by atoms with van der Waals surface area (Å²) < 4.78 is 21.5. The molecule has 0 radical (unpaired) electrons. The zero-order valence-electron chi connectivity index (χ0n) is 26.6. The second-order valence-electron chi connectivity index (χ2n) is 11.5. The molecule has 0 fully saturated rings. The number of nitrogens with zero attached hydrogens (tertiary/aromatic N) is 6. The van der Waals surface area contributed by atoms with Crippen LogP contribution in [0.5, 0.6) is 11.5 Å². The van der Waals surface area contributed by atoms with E-state index in [4.69, 9.17) is 25.5 Å². The Morgan fingerprint density at radius 1 is 0.809 bits per heavy atom. The molecule has 3 aromatic heterocycles. The predicted octanol–water partition coefficient (Wildman–Crippen LogP) is 8.32. The minimum absolute atomic E-state index is 0.197. The average Bonchev–Trinajstić information content (AvgIpc) is 3.84. The molecule has 242 valence electrons. The van der Waals surface area contributed by atoms with Crippen LogP contribution in [0, 0.1) is 6.92 Å². The molecule has 0 amide bonds. The van der Waals surface area contributed by atoms with Gasteiger partial charge in [0.1, 0.15) is 41.7 Å². The van der Waals surface area contributed by atoms with E-state index >= 15 is 0 Å². The number of unbranched alkanes of at least 4 members (excludes halogenated alkanes) is 5. The van der Waals surface area contributed by atoms with Gasteiger partial charge in [-0.15, -0.1) is 10.2 Å². The standard InChI is InChI=1S/C36H37ClN6O4/c1-3-4-5-6-7-8-19-42-21-28(38-40-42)23-45-31-15-13-30(14-16-31)43-22-29(39-41-43)24-46-32-17-18-33-25(2)36(47-34(33)20-32)35(44)26-9-11-27(37)12-10-26/h9-18,20-22H,3-8,19,23-24H2,1-2H3. The molecule has 0 unspecified atom stereocenters. The van der Waals surface area contributed by atoms with Crippen molar-refractivity contribution in [1.82, 2.24) is 30.0 Å². The maximum Gasteiger partial charge on any atom is 0.228 e. The van der Waals surface area contributed by atoms with Gasteiger partial charge in [0.25, 0.3) is 0 Å². The Morgan fingerprint density at radius 3 is 2.28 bits per heavy atom. The quantitative estimate of drug-likeness (QED) is 0.0758. The number of carbonyl (C=O) groups excluding carboxylic acids is 1. The molecule has 0 N–H and O–H groups in total. The van der Waals surface area contributed by atoms with Crippen molar-refractivity contribution in [3.05, 3.63) is 112 Å². The average molecular weight is 653 g/mol. The zero-order chi connectivity index (χ0) is 32.6. The van der Waals surface area contributed by atoms with Crippen LogP contribution in [0.1, 0.15) is 78.5 Å². The Morgan fingerprint density at radius 2 is 1.49 bits per heavy atom. The van der Waals surface area contributed by atoms with Gasteiger partial charge in [-0.3, -0.25) is 9.48 Å². The molecule has 0 atom stereocenters. The van der Waals surface area contributed by atoms with Crippen molar-refractivity contribution in [2.24, 2.45) is 0 Å². The number of hydrogen-bond donors (Lipinski definition) is 0. The molecule has 6 rings (SSSR count). The summed E-state index contributed by atoms with van der Waals surface area (Å²) in [4.78, 5) is 13.0. The van der Waals surface area contributed by atoms with Crippen LogP contribution < -0.4 is 9.47 Å². The van der Waals surface area contributed by atoms with E-state index in [-0.39, 0.29) is 12.4 Å². The lowest BCUT2D eigenvalue weighted by Crippen LogP contribution is -2.00. The van der Waals surface area contributed by atoms with Crippen molar-refractivity contribution in [2.75, 3.05) is 0 Å². The normalized spacial score (nSPS) is 11.3. The number of aromatic nitrogens is 6. The highest BCUT2D eigenvalue weighted by atomic mass is 35.5. The number of furan rings is 1. The van der Waals surface area contributed by atoms with E-state index in [2.05, 4.69) is 27.5 Å². The van der Waals surface area contributed by atoms with E-state index < -0.39 is 0 Å². The maximum absolute atomic E-state index is 13.0. The van der Waals surface area contributed by atoms with Crippen LogP contribution in [0.4, 0.5) is 0 Å². The van der Waals surface area contributed by atoms with Gasteiger partial charge in [-0.1, -0.05) is 61.1 Å². The first-order chi connectivity index (χ1) is 23.0. The molecular weight excluding hydrogens is 616 g/mol. The SMILES string of the molecule is CCCCCCCCn1cc(COc2ccc(-n3cc(COc4ccc5c(C)c(C(=O)c6ccc(Cl)cc6)oc5c4)nn3)cc2)nn1. The molecule has 3 heterocycles. The van der Waals surface area contributed by atoms with Gasteiger partial charge in [0, 0.05) is 34.1 Å². The summed E-state index contributed by atoms with van der Waals surface area (Å²) >= 11 is 5.97. The van der Waals surface area contributed by atoms with Gasteiger partial charge in [-0.25, -0.2) is 4.68 Å². The maximum atomic E-state index is 13.0. The highest BCUT2D eigenvalue weighted by molar-refractivity contribution is 6.30. The number of ketones is 1. The fourth-order valence-electron chi connectivity index (χ4n) is 5.31. The van der Waals surface area contributed by atoms with Crippen LogP contribution in [-0.4, -0.2) is 35.8 Å². The molecule has 3 aromatic carbocycles. The number of carbonyl (C=O) groups is 1. The van der Waals surface area contributed by atoms with E-state index in [1.54, 1.807) is 35.0 Å². The van der Waals surface area contributed by atoms with Crippen molar-refractivity contribution < 1.29 is 18.7 Å². The molecule has 11 heteroatoms. The van der Waals surface area contributed by atoms with E-state index in [9.17, 15) is 4.79 Å². The van der Waals surface area contributed by atoms with Crippen molar-refractivity contribution in [1.29, 1.82) is 0 Å². The predicted molar refractivity (Wildman–Crippen MR) is 179 cm³/mol. The summed E-state index contributed by atoms with van der Waals surface area (Å²) in [6, 6.07) is 19.9. The summed E-state index contributed by atoms with van der Waals surface area (Å²) in [5, 5.41) is 18.4. The first-order valence-corrected chi connectivity index (χ1v) is 16.3. The molecule has 0 spiro atoms. The summed E-state index contributed by atoms with van der Waals surface area (Å²) in [6.45, 7) is 5.55. The largest absolute Gasteiger partial charge is 0.487 e. The lowest BCUT2D eigenvalue weighted by Gasteiger charge is -2.05. The minimum Gasteiger partial charge on any atom is -0.487 e. The molecule has 0 bridgehead atoms. The van der Waals surface area contributed by atoms with E-state index in [0.29, 0.717) is 40.0 Å². The second kappa shape index (κ2) is 15.1. The molecule has 0 aliphatic rings. The lowest BCUT2D eigenvalue weighted by atomic mass is 10.0. The number of aryl methyl sites for hydroxylation is 2. The Hall–Kier alpha value is -4.96. The Labute approximate surface area is 278 Å². The van der Waals surface area contributed by atoms with Crippen molar-refractivity contribution in [3.8, 4) is 17.2 Å². The molecule has 0 saturated heterocycles. The molecule has 0 aliphatic heterocycles. The summed E-state index contributed by atoms with van der Waals surface area (Å²) in [7, 11) is 0. The van der Waals surface area contributed by atoms with Crippen LogP contribution >= 0.6 is 11.6 Å². The van der Waals surface area contributed by atoms with Crippen molar-refractivity contribution in [2.45, 2.75) is 72.1 Å². The number of benzene rings is 3. The van der Waals surface area contributed by atoms with Gasteiger partial charge in [0.05, 0.1) is 18.1 Å². The van der Waals surface area contributed by atoms with Gasteiger partial charge >= 0.3 is 0 Å². The summed E-state index contributed by atoms with van der Waals surface area (Å²) in [6.07, 6.45) is 11.3. The van der Waals surface area contributed by atoms with Crippen LogP contribution in [-0.2, 0) is 19.8 Å². The van der Waals surface area contributed by atoms with Gasteiger partial charge in [-0.2, -0.15) is 0 Å². The minimum atomic E-state index is -0.197. The monoisotopic (exact) mass is 652 g/mol. The fraction of sp³-hybridized carbons (Fsp3) is 0.306. The van der Waals surface area contributed by atoms with Crippen LogP contribution in [0.2, 0.25) is 5.02 Å². The van der Waals surface area contributed by atoms with E-state index in [0.717, 1.165) is 41.0 Å². The fourth-order valence-corrected chi connectivity index (χ4v) is 5.44. The molecule has 47 heavy (non-hydrogen) atoms. The highest BCUT2D eigenvalue weighted by Gasteiger charge is 2.20. The molecule has 0 saturated carbocycles. The first-order valence-electron chi connectivity index (χ1n) is 16.0. The Bertz CT molecular complexity index is 1930. The van der Waals surface area contributed by atoms with Gasteiger partial charge in [0.15, 0.2) is 5.76 Å². The number of hydrogen-bond acceptors (Lipinski definition) is 8. The second-order valence-corrected chi connectivity index (χ2v) is 12.0. The smallest absolute Gasteiger partial charge is 0.228 e.